The van der Waals surface area contributed by atoms with E-state index < -0.39 is 11.6 Å². The van der Waals surface area contributed by atoms with Gasteiger partial charge in [-0.3, -0.25) is 0 Å². The van der Waals surface area contributed by atoms with Crippen LogP contribution in [0, 0.1) is 18.6 Å². The molecule has 5 heteroatoms. The van der Waals surface area contributed by atoms with Gasteiger partial charge in [0, 0.05) is 18.2 Å². The Bertz CT molecular complexity index is 590. The molecule has 0 amide bonds. The van der Waals surface area contributed by atoms with Crippen LogP contribution in [0.2, 0.25) is 0 Å². The summed E-state index contributed by atoms with van der Waals surface area (Å²) in [5.74, 6) is -0.437. The molecule has 2 nitrogen and oxygen atoms in total. The highest BCUT2D eigenvalue weighted by atomic mass is 35.5. The van der Waals surface area contributed by atoms with Crippen molar-refractivity contribution in [3.8, 4) is 16.9 Å². The molecule has 0 fully saturated rings. The summed E-state index contributed by atoms with van der Waals surface area (Å²) >= 11 is 0. The minimum Gasteiger partial charge on any atom is -0.492 e. The quantitative estimate of drug-likeness (QED) is 0.934. The second kappa shape index (κ2) is 7.22. The lowest BCUT2D eigenvalue weighted by Gasteiger charge is -2.10. The number of nitrogens with two attached hydrogens (primary N) is 1. The van der Waals surface area contributed by atoms with Crippen molar-refractivity contribution in [2.75, 3.05) is 13.2 Å². The lowest BCUT2D eigenvalue weighted by molar-refractivity contribution is 0.326. The number of hydrogen-bond acceptors (Lipinski definition) is 2. The third-order valence-corrected chi connectivity index (χ3v) is 2.79. The molecule has 0 radical (unpaired) electrons. The Morgan fingerprint density at radius 1 is 1.10 bits per heavy atom. The fourth-order valence-electron chi connectivity index (χ4n) is 1.87. The molecule has 0 aliphatic rings. The number of rotatable bonds is 4. The number of aryl methyl sites for hydroxylation is 1. The smallest absolute Gasteiger partial charge is 0.133 e. The van der Waals surface area contributed by atoms with E-state index in [1.807, 2.05) is 13.0 Å². The molecule has 0 aliphatic carbocycles. The van der Waals surface area contributed by atoms with E-state index in [1.54, 1.807) is 12.1 Å². The lowest BCUT2D eigenvalue weighted by atomic mass is 10.0. The van der Waals surface area contributed by atoms with Crippen LogP contribution in [-0.2, 0) is 0 Å². The maximum absolute atomic E-state index is 13.7. The maximum atomic E-state index is 13.7. The summed E-state index contributed by atoms with van der Waals surface area (Å²) in [6, 6.07) is 8.87. The van der Waals surface area contributed by atoms with E-state index in [0.29, 0.717) is 24.3 Å². The van der Waals surface area contributed by atoms with E-state index in [2.05, 4.69) is 0 Å². The van der Waals surface area contributed by atoms with Crippen LogP contribution in [0.3, 0.4) is 0 Å². The number of halogens is 3. The summed E-state index contributed by atoms with van der Waals surface area (Å²) < 4.78 is 32.0. The van der Waals surface area contributed by atoms with Gasteiger partial charge in [0.25, 0.3) is 0 Å². The average molecular weight is 300 g/mol. The molecule has 0 aliphatic heterocycles. The van der Waals surface area contributed by atoms with Gasteiger partial charge >= 0.3 is 0 Å². The van der Waals surface area contributed by atoms with Crippen LogP contribution in [-0.4, -0.2) is 13.2 Å². The van der Waals surface area contributed by atoms with Gasteiger partial charge in [0.15, 0.2) is 0 Å². The first kappa shape index (κ1) is 16.4. The molecule has 20 heavy (non-hydrogen) atoms. The van der Waals surface area contributed by atoms with Crippen LogP contribution in [0.15, 0.2) is 36.4 Å². The van der Waals surface area contributed by atoms with E-state index >= 15 is 0 Å². The third kappa shape index (κ3) is 3.68. The van der Waals surface area contributed by atoms with Crippen molar-refractivity contribution in [3.05, 3.63) is 53.6 Å². The SMILES string of the molecule is Cc1cc(-c2ccc(F)cc2F)ccc1OCCN.Cl. The van der Waals surface area contributed by atoms with Crippen molar-refractivity contribution in [2.24, 2.45) is 5.73 Å². The van der Waals surface area contributed by atoms with Crippen molar-refractivity contribution >= 4 is 12.4 Å². The van der Waals surface area contributed by atoms with Crippen LogP contribution in [0.25, 0.3) is 11.1 Å². The first-order valence-electron chi connectivity index (χ1n) is 6.01. The van der Waals surface area contributed by atoms with Gasteiger partial charge in [-0.05, 0) is 42.3 Å². The predicted octanol–water partition coefficient (Wildman–Crippen LogP) is 3.70. The standard InChI is InChI=1S/C15H15F2NO.ClH/c1-10-8-11(2-5-15(10)19-7-6-18)13-4-3-12(16)9-14(13)17;/h2-5,8-9H,6-7,18H2,1H3;1H. The van der Waals surface area contributed by atoms with E-state index in [1.165, 1.54) is 12.1 Å². The third-order valence-electron chi connectivity index (χ3n) is 2.79. The lowest BCUT2D eigenvalue weighted by Crippen LogP contribution is -2.11. The highest BCUT2D eigenvalue weighted by molar-refractivity contribution is 5.85. The molecule has 0 saturated carbocycles. The Kier molecular flexibility index (Phi) is 5.92. The molecule has 0 atom stereocenters. The van der Waals surface area contributed by atoms with Gasteiger partial charge in [-0.1, -0.05) is 6.07 Å². The van der Waals surface area contributed by atoms with Crippen molar-refractivity contribution in [2.45, 2.75) is 6.92 Å². The van der Waals surface area contributed by atoms with E-state index in [-0.39, 0.29) is 12.4 Å². The minimum atomic E-state index is -0.583. The van der Waals surface area contributed by atoms with Crippen molar-refractivity contribution in [1.82, 2.24) is 0 Å². The zero-order chi connectivity index (χ0) is 13.8. The van der Waals surface area contributed by atoms with E-state index in [9.17, 15) is 8.78 Å². The first-order valence-corrected chi connectivity index (χ1v) is 6.01. The topological polar surface area (TPSA) is 35.2 Å². The number of benzene rings is 2. The van der Waals surface area contributed by atoms with E-state index in [4.69, 9.17) is 10.5 Å². The summed E-state index contributed by atoms with van der Waals surface area (Å²) in [5.41, 5.74) is 7.32. The van der Waals surface area contributed by atoms with Gasteiger partial charge in [0.1, 0.15) is 24.0 Å². The summed E-state index contributed by atoms with van der Waals surface area (Å²) in [7, 11) is 0. The summed E-state index contributed by atoms with van der Waals surface area (Å²) in [6.45, 7) is 2.75. The Hall–Kier alpha value is -1.65. The first-order chi connectivity index (χ1) is 9.11. The molecule has 2 rings (SSSR count). The molecular weight excluding hydrogens is 284 g/mol. The van der Waals surface area contributed by atoms with Gasteiger partial charge in [-0.25, -0.2) is 8.78 Å². The maximum Gasteiger partial charge on any atom is 0.133 e. The molecule has 0 saturated heterocycles. The zero-order valence-corrected chi connectivity index (χ0v) is 11.8. The molecule has 0 spiro atoms. The average Bonchev–Trinajstić information content (AvgIpc) is 2.37. The molecule has 0 bridgehead atoms. The Morgan fingerprint density at radius 3 is 2.45 bits per heavy atom. The second-order valence-electron chi connectivity index (χ2n) is 4.24. The molecular formula is C15H16ClF2NO. The predicted molar refractivity (Wildman–Crippen MR) is 78.3 cm³/mol. The highest BCUT2D eigenvalue weighted by Crippen LogP contribution is 2.28. The van der Waals surface area contributed by atoms with Gasteiger partial charge in [0.2, 0.25) is 0 Å². The Balaban J connectivity index is 0.00000200. The largest absolute Gasteiger partial charge is 0.492 e. The molecule has 0 unspecified atom stereocenters. The summed E-state index contributed by atoms with van der Waals surface area (Å²) in [5, 5.41) is 0. The van der Waals surface area contributed by atoms with Crippen molar-refractivity contribution < 1.29 is 13.5 Å². The Morgan fingerprint density at radius 2 is 1.85 bits per heavy atom. The van der Waals surface area contributed by atoms with Crippen LogP contribution < -0.4 is 10.5 Å². The molecule has 2 N–H and O–H groups in total. The van der Waals surface area contributed by atoms with Crippen LogP contribution in [0.5, 0.6) is 5.75 Å². The molecule has 2 aromatic carbocycles. The van der Waals surface area contributed by atoms with Gasteiger partial charge < -0.3 is 10.5 Å². The zero-order valence-electron chi connectivity index (χ0n) is 11.0. The second-order valence-corrected chi connectivity index (χ2v) is 4.24. The van der Waals surface area contributed by atoms with Gasteiger partial charge in [0.05, 0.1) is 0 Å². The van der Waals surface area contributed by atoms with Crippen molar-refractivity contribution in [1.29, 1.82) is 0 Å². The molecule has 0 aromatic heterocycles. The monoisotopic (exact) mass is 299 g/mol. The highest BCUT2D eigenvalue weighted by Gasteiger charge is 2.08. The minimum absolute atomic E-state index is 0. The Labute approximate surface area is 123 Å². The van der Waals surface area contributed by atoms with E-state index in [0.717, 1.165) is 17.4 Å². The van der Waals surface area contributed by atoms with Crippen LogP contribution in [0.1, 0.15) is 5.56 Å². The fourth-order valence-corrected chi connectivity index (χ4v) is 1.87. The molecule has 0 heterocycles. The molecule has 108 valence electrons. The fraction of sp³-hybridized carbons (Fsp3) is 0.200. The van der Waals surface area contributed by atoms with Crippen LogP contribution in [0.4, 0.5) is 8.78 Å². The van der Waals surface area contributed by atoms with Crippen molar-refractivity contribution in [3.63, 3.8) is 0 Å². The van der Waals surface area contributed by atoms with Gasteiger partial charge in [-0.15, -0.1) is 12.4 Å². The summed E-state index contributed by atoms with van der Waals surface area (Å²) in [4.78, 5) is 0. The molecule has 2 aromatic rings. The van der Waals surface area contributed by atoms with Crippen LogP contribution >= 0.6 is 12.4 Å². The number of ether oxygens (including phenoxy) is 1. The number of hydrogen-bond donors (Lipinski definition) is 1. The normalized spacial score (nSPS) is 10.0. The van der Waals surface area contributed by atoms with Gasteiger partial charge in [-0.2, -0.15) is 0 Å². The summed E-state index contributed by atoms with van der Waals surface area (Å²) in [6.07, 6.45) is 0.